The van der Waals surface area contributed by atoms with Gasteiger partial charge in [0.25, 0.3) is 0 Å². The molecule has 1 aromatic heterocycles. The summed E-state index contributed by atoms with van der Waals surface area (Å²) >= 11 is 0. The second-order valence-corrected chi connectivity index (χ2v) is 14.7. The maximum Gasteiger partial charge on any atom is 0.143 e. The van der Waals surface area contributed by atoms with E-state index in [2.05, 4.69) is 194 Å². The molecule has 0 atom stereocenters. The van der Waals surface area contributed by atoms with E-state index in [1.54, 1.807) is 0 Å². The van der Waals surface area contributed by atoms with Gasteiger partial charge in [0, 0.05) is 16.2 Å². The van der Waals surface area contributed by atoms with Gasteiger partial charge in [-0.25, -0.2) is 0 Å². The second-order valence-electron chi connectivity index (χ2n) is 14.7. The van der Waals surface area contributed by atoms with Gasteiger partial charge in [0.2, 0.25) is 0 Å². The van der Waals surface area contributed by atoms with Crippen molar-refractivity contribution in [3.8, 4) is 33.4 Å². The molecular formula is C54H32O. The molecule has 0 aliphatic carbocycles. The summed E-state index contributed by atoms with van der Waals surface area (Å²) in [7, 11) is 0. The molecule has 0 radical (unpaired) electrons. The number of hydrogen-bond donors (Lipinski definition) is 0. The minimum atomic E-state index is 0.925. The van der Waals surface area contributed by atoms with Crippen LogP contribution in [-0.2, 0) is 0 Å². The van der Waals surface area contributed by atoms with Gasteiger partial charge in [0.15, 0.2) is 0 Å². The third-order valence-corrected chi connectivity index (χ3v) is 11.8. The van der Waals surface area contributed by atoms with Crippen molar-refractivity contribution in [2.24, 2.45) is 0 Å². The van der Waals surface area contributed by atoms with Crippen LogP contribution in [0.2, 0.25) is 0 Å². The molecule has 0 bridgehead atoms. The van der Waals surface area contributed by atoms with Crippen LogP contribution in [0.4, 0.5) is 0 Å². The van der Waals surface area contributed by atoms with Gasteiger partial charge < -0.3 is 4.42 Å². The van der Waals surface area contributed by atoms with Crippen LogP contribution in [0.25, 0.3) is 120 Å². The van der Waals surface area contributed by atoms with E-state index in [0.717, 1.165) is 21.9 Å². The van der Waals surface area contributed by atoms with Crippen LogP contribution >= 0.6 is 0 Å². The summed E-state index contributed by atoms with van der Waals surface area (Å²) in [5, 5.41) is 17.1. The quantitative estimate of drug-likeness (QED) is 0.132. The summed E-state index contributed by atoms with van der Waals surface area (Å²) in [6.45, 7) is 0. The summed E-state index contributed by atoms with van der Waals surface area (Å²) in [5.41, 5.74) is 9.32. The minimum Gasteiger partial charge on any atom is -0.455 e. The molecule has 0 N–H and O–H groups in total. The Hall–Kier alpha value is -7.22. The van der Waals surface area contributed by atoms with Crippen molar-refractivity contribution < 1.29 is 4.42 Å². The number of furan rings is 1. The standard InChI is InChI=1S/C54H32O/c1-2-14-33(15-3-1)51-42-22-10-12-24-44(42)52(45-25-13-11-23-43(45)51)46-29-28-37(38-18-6-7-19-39(38)46)36-26-27-47-48(31-36)40-20-8-9-21-41(40)53-49-30-34-16-4-5-17-35(34)32-50(49)55-54(47)53/h1-32H. The van der Waals surface area contributed by atoms with E-state index in [9.17, 15) is 0 Å². The Labute approximate surface area is 317 Å². The van der Waals surface area contributed by atoms with Crippen LogP contribution in [0.1, 0.15) is 0 Å². The molecule has 0 spiro atoms. The number of rotatable bonds is 3. The maximum absolute atomic E-state index is 6.77. The highest BCUT2D eigenvalue weighted by Gasteiger charge is 2.20. The lowest BCUT2D eigenvalue weighted by atomic mass is 9.83. The molecule has 0 unspecified atom stereocenters. The highest BCUT2D eigenvalue weighted by atomic mass is 16.3. The molecule has 0 fully saturated rings. The molecule has 0 aliphatic heterocycles. The molecule has 0 aliphatic rings. The Kier molecular flexibility index (Phi) is 6.40. The highest BCUT2D eigenvalue weighted by Crippen LogP contribution is 2.47. The molecule has 1 heteroatoms. The van der Waals surface area contributed by atoms with Gasteiger partial charge in [0.1, 0.15) is 11.2 Å². The number of hydrogen-bond acceptors (Lipinski definition) is 1. The molecule has 12 rings (SSSR count). The summed E-state index contributed by atoms with van der Waals surface area (Å²) in [4.78, 5) is 0. The first-order valence-corrected chi connectivity index (χ1v) is 19.0. The molecule has 11 aromatic carbocycles. The van der Waals surface area contributed by atoms with Crippen LogP contribution in [-0.4, -0.2) is 0 Å². The summed E-state index contributed by atoms with van der Waals surface area (Å²) in [6, 6.07) is 71.0. The molecule has 55 heavy (non-hydrogen) atoms. The first-order valence-electron chi connectivity index (χ1n) is 19.0. The molecule has 1 nitrogen and oxygen atoms in total. The van der Waals surface area contributed by atoms with Crippen molar-refractivity contribution in [3.05, 3.63) is 194 Å². The van der Waals surface area contributed by atoms with Gasteiger partial charge in [-0.05, 0) is 117 Å². The topological polar surface area (TPSA) is 13.1 Å². The molecule has 0 saturated carbocycles. The van der Waals surface area contributed by atoms with Gasteiger partial charge in [0.05, 0.1) is 0 Å². The summed E-state index contributed by atoms with van der Waals surface area (Å²) in [6.07, 6.45) is 0. The van der Waals surface area contributed by atoms with Gasteiger partial charge in [-0.15, -0.1) is 0 Å². The third-order valence-electron chi connectivity index (χ3n) is 11.8. The predicted molar refractivity (Wildman–Crippen MR) is 235 cm³/mol. The zero-order valence-corrected chi connectivity index (χ0v) is 29.9. The minimum absolute atomic E-state index is 0.925. The van der Waals surface area contributed by atoms with Crippen LogP contribution in [0, 0.1) is 0 Å². The van der Waals surface area contributed by atoms with E-state index >= 15 is 0 Å². The molecular weight excluding hydrogens is 665 g/mol. The average Bonchev–Trinajstić information content (AvgIpc) is 3.63. The van der Waals surface area contributed by atoms with Crippen molar-refractivity contribution in [1.29, 1.82) is 0 Å². The lowest BCUT2D eigenvalue weighted by Crippen LogP contribution is -1.92. The van der Waals surface area contributed by atoms with Crippen molar-refractivity contribution >= 4 is 86.6 Å². The van der Waals surface area contributed by atoms with Crippen LogP contribution in [0.5, 0.6) is 0 Å². The lowest BCUT2D eigenvalue weighted by molar-refractivity contribution is 0.673. The Morgan fingerprint density at radius 3 is 1.49 bits per heavy atom. The number of benzene rings is 11. The lowest BCUT2D eigenvalue weighted by Gasteiger charge is -2.19. The fourth-order valence-corrected chi connectivity index (χ4v) is 9.41. The third kappa shape index (κ3) is 4.41. The van der Waals surface area contributed by atoms with Crippen LogP contribution in [0.3, 0.4) is 0 Å². The molecule has 254 valence electrons. The zero-order valence-electron chi connectivity index (χ0n) is 29.9. The van der Waals surface area contributed by atoms with E-state index in [4.69, 9.17) is 4.42 Å². The molecule has 12 aromatic rings. The average molecular weight is 697 g/mol. The Morgan fingerprint density at radius 2 is 0.800 bits per heavy atom. The predicted octanol–water partition coefficient (Wildman–Crippen LogP) is 15.5. The van der Waals surface area contributed by atoms with Crippen molar-refractivity contribution in [2.75, 3.05) is 0 Å². The summed E-state index contributed by atoms with van der Waals surface area (Å²) < 4.78 is 6.77. The molecule has 0 saturated heterocycles. The van der Waals surface area contributed by atoms with Gasteiger partial charge in [-0.1, -0.05) is 170 Å². The SMILES string of the molecule is c1ccc(-c2c3ccccc3c(-c3ccc(-c4ccc5c(c4)c4ccccc4c4c6cc7ccccc7cc6oc54)c4ccccc34)c3ccccc23)cc1. The van der Waals surface area contributed by atoms with E-state index in [1.807, 2.05) is 0 Å². The van der Waals surface area contributed by atoms with Crippen LogP contribution < -0.4 is 0 Å². The van der Waals surface area contributed by atoms with Crippen molar-refractivity contribution in [1.82, 2.24) is 0 Å². The van der Waals surface area contributed by atoms with E-state index in [1.165, 1.54) is 98.0 Å². The maximum atomic E-state index is 6.77. The normalized spacial score (nSPS) is 12.0. The van der Waals surface area contributed by atoms with Gasteiger partial charge in [-0.3, -0.25) is 0 Å². The van der Waals surface area contributed by atoms with Gasteiger partial charge in [-0.2, -0.15) is 0 Å². The highest BCUT2D eigenvalue weighted by molar-refractivity contribution is 6.31. The fraction of sp³-hybridized carbons (Fsp3) is 0. The fourth-order valence-electron chi connectivity index (χ4n) is 9.41. The van der Waals surface area contributed by atoms with Crippen molar-refractivity contribution in [2.45, 2.75) is 0 Å². The Morgan fingerprint density at radius 1 is 0.273 bits per heavy atom. The van der Waals surface area contributed by atoms with Crippen LogP contribution in [0.15, 0.2) is 199 Å². The smallest absolute Gasteiger partial charge is 0.143 e. The van der Waals surface area contributed by atoms with Gasteiger partial charge >= 0.3 is 0 Å². The Balaban J connectivity index is 1.11. The number of fused-ring (bicyclic) bond motifs is 12. The molecule has 0 amide bonds. The largest absolute Gasteiger partial charge is 0.455 e. The van der Waals surface area contributed by atoms with Crippen molar-refractivity contribution in [3.63, 3.8) is 0 Å². The molecule has 1 heterocycles. The second kappa shape index (κ2) is 11.6. The first-order chi connectivity index (χ1) is 27.3. The summed E-state index contributed by atoms with van der Waals surface area (Å²) in [5.74, 6) is 0. The zero-order chi connectivity index (χ0) is 36.0. The van der Waals surface area contributed by atoms with E-state index in [-0.39, 0.29) is 0 Å². The van der Waals surface area contributed by atoms with E-state index in [0.29, 0.717) is 0 Å². The monoisotopic (exact) mass is 696 g/mol. The first kappa shape index (κ1) is 30.3. The Bertz CT molecular complexity index is 3480. The van der Waals surface area contributed by atoms with E-state index < -0.39 is 0 Å².